The van der Waals surface area contributed by atoms with Crippen molar-refractivity contribution < 1.29 is 14.3 Å². The van der Waals surface area contributed by atoms with Crippen LogP contribution in [0.2, 0.25) is 0 Å². The van der Waals surface area contributed by atoms with Crippen molar-refractivity contribution in [2.45, 2.75) is 37.7 Å². The zero-order valence-electron chi connectivity index (χ0n) is 17.2. The molecule has 2 saturated heterocycles. The first-order chi connectivity index (χ1) is 15.2. The minimum atomic E-state index is -0.702. The Morgan fingerprint density at radius 1 is 1.26 bits per heavy atom. The van der Waals surface area contributed by atoms with Gasteiger partial charge in [0, 0.05) is 37.5 Å². The molecule has 3 N–H and O–H groups in total. The van der Waals surface area contributed by atoms with E-state index in [4.69, 9.17) is 15.2 Å². The quantitative estimate of drug-likeness (QED) is 0.613. The lowest BCUT2D eigenvalue weighted by atomic mass is 9.89. The number of rotatable bonds is 6. The van der Waals surface area contributed by atoms with E-state index in [9.17, 15) is 4.79 Å². The third-order valence-corrected chi connectivity index (χ3v) is 5.95. The van der Waals surface area contributed by atoms with Crippen LogP contribution in [0.4, 0.5) is 5.95 Å². The smallest absolute Gasteiger partial charge is 0.322 e. The fraction of sp³-hybridized carbons (Fsp3) is 0.476. The summed E-state index contributed by atoms with van der Waals surface area (Å²) in [5.74, 6) is 0.0519. The summed E-state index contributed by atoms with van der Waals surface area (Å²) < 4.78 is 11.3. The Hall–Kier alpha value is -3.27. The standard InChI is InChI=1S/C21H25N7O3/c22-17(29)19-25-20(27-21(26-19)31-12-14-3-2-10-30-14)28-8-5-13(6-9-28)16-11-24-18-15(16)4-1-7-23-18/h1,4,7,11,13-14H,2-3,5-6,8-10,12H2,(H2,22,29)(H,23,24). The Bertz CT molecular complexity index is 1070. The van der Waals surface area contributed by atoms with Crippen molar-refractivity contribution in [2.24, 2.45) is 5.73 Å². The van der Waals surface area contributed by atoms with Crippen molar-refractivity contribution in [2.75, 3.05) is 31.2 Å². The first-order valence-corrected chi connectivity index (χ1v) is 10.6. The number of carbonyl (C=O) groups is 1. The molecule has 10 heteroatoms. The Morgan fingerprint density at radius 2 is 2.13 bits per heavy atom. The molecule has 31 heavy (non-hydrogen) atoms. The molecular formula is C21H25N7O3. The summed E-state index contributed by atoms with van der Waals surface area (Å²) in [4.78, 5) is 34.2. The number of hydrogen-bond donors (Lipinski definition) is 2. The Labute approximate surface area is 179 Å². The van der Waals surface area contributed by atoms with Gasteiger partial charge in [-0.3, -0.25) is 4.79 Å². The number of primary amides is 1. The lowest BCUT2D eigenvalue weighted by Crippen LogP contribution is -2.35. The molecule has 3 aromatic rings. The average Bonchev–Trinajstić information content (AvgIpc) is 3.47. The maximum Gasteiger partial charge on any atom is 0.322 e. The maximum atomic E-state index is 11.7. The van der Waals surface area contributed by atoms with Gasteiger partial charge in [0.15, 0.2) is 0 Å². The van der Waals surface area contributed by atoms with Crippen LogP contribution in [0, 0.1) is 0 Å². The van der Waals surface area contributed by atoms with Gasteiger partial charge in [-0.25, -0.2) is 4.98 Å². The van der Waals surface area contributed by atoms with E-state index in [1.165, 1.54) is 10.9 Å². The average molecular weight is 423 g/mol. The number of nitrogens with zero attached hydrogens (tertiary/aromatic N) is 5. The molecule has 162 valence electrons. The van der Waals surface area contributed by atoms with E-state index in [1.807, 2.05) is 6.07 Å². The molecule has 0 aliphatic carbocycles. The van der Waals surface area contributed by atoms with Crippen molar-refractivity contribution in [3.63, 3.8) is 0 Å². The molecule has 2 aliphatic rings. The second-order valence-corrected chi connectivity index (χ2v) is 7.96. The van der Waals surface area contributed by atoms with Crippen LogP contribution in [0.25, 0.3) is 11.0 Å². The summed E-state index contributed by atoms with van der Waals surface area (Å²) in [5, 5.41) is 1.17. The third-order valence-electron chi connectivity index (χ3n) is 5.95. The van der Waals surface area contributed by atoms with Crippen molar-refractivity contribution in [3.8, 4) is 6.01 Å². The van der Waals surface area contributed by atoms with Crippen LogP contribution in [0.3, 0.4) is 0 Å². The minimum absolute atomic E-state index is 0.0265. The van der Waals surface area contributed by atoms with Gasteiger partial charge in [0.2, 0.25) is 11.8 Å². The second-order valence-electron chi connectivity index (χ2n) is 7.96. The van der Waals surface area contributed by atoms with Gasteiger partial charge in [-0.1, -0.05) is 0 Å². The van der Waals surface area contributed by atoms with E-state index in [2.05, 4.69) is 42.1 Å². The summed E-state index contributed by atoms with van der Waals surface area (Å²) >= 11 is 0. The summed E-state index contributed by atoms with van der Waals surface area (Å²) in [7, 11) is 0. The first-order valence-electron chi connectivity index (χ1n) is 10.6. The zero-order valence-corrected chi connectivity index (χ0v) is 17.2. The number of ether oxygens (including phenoxy) is 2. The Kier molecular flexibility index (Phi) is 5.37. The van der Waals surface area contributed by atoms with E-state index in [-0.39, 0.29) is 17.9 Å². The number of H-pyrrole nitrogens is 1. The Balaban J connectivity index is 1.30. The molecule has 3 aromatic heterocycles. The van der Waals surface area contributed by atoms with E-state index < -0.39 is 5.91 Å². The van der Waals surface area contributed by atoms with E-state index in [0.717, 1.165) is 51.0 Å². The lowest BCUT2D eigenvalue weighted by molar-refractivity contribution is 0.0643. The summed E-state index contributed by atoms with van der Waals surface area (Å²) in [6, 6.07) is 4.17. The van der Waals surface area contributed by atoms with Gasteiger partial charge in [-0.2, -0.15) is 15.0 Å². The number of anilines is 1. The normalized spacial score (nSPS) is 19.7. The van der Waals surface area contributed by atoms with Crippen LogP contribution in [-0.2, 0) is 4.74 Å². The molecule has 1 amide bonds. The summed E-state index contributed by atoms with van der Waals surface area (Å²) in [5.41, 5.74) is 7.64. The molecule has 1 atom stereocenters. The van der Waals surface area contributed by atoms with Crippen LogP contribution >= 0.6 is 0 Å². The van der Waals surface area contributed by atoms with Crippen LogP contribution in [0.5, 0.6) is 6.01 Å². The van der Waals surface area contributed by atoms with Gasteiger partial charge in [0.05, 0.1) is 6.10 Å². The predicted octanol–water partition coefficient (Wildman–Crippen LogP) is 1.79. The molecule has 2 aliphatic heterocycles. The van der Waals surface area contributed by atoms with Gasteiger partial charge in [-0.05, 0) is 49.3 Å². The molecule has 0 saturated carbocycles. The number of nitrogens with one attached hydrogen (secondary N) is 1. The number of nitrogens with two attached hydrogens (primary N) is 1. The Morgan fingerprint density at radius 3 is 2.90 bits per heavy atom. The molecule has 0 radical (unpaired) electrons. The van der Waals surface area contributed by atoms with Gasteiger partial charge in [0.1, 0.15) is 12.3 Å². The van der Waals surface area contributed by atoms with Crippen LogP contribution < -0.4 is 15.4 Å². The van der Waals surface area contributed by atoms with Crippen LogP contribution in [-0.4, -0.2) is 63.2 Å². The highest BCUT2D eigenvalue weighted by atomic mass is 16.5. The number of pyridine rings is 1. The molecule has 5 heterocycles. The molecule has 2 fully saturated rings. The van der Waals surface area contributed by atoms with Gasteiger partial charge < -0.3 is 25.1 Å². The summed E-state index contributed by atoms with van der Waals surface area (Å²) in [6.07, 6.45) is 7.71. The number of aromatic nitrogens is 5. The fourth-order valence-electron chi connectivity index (χ4n) is 4.31. The lowest BCUT2D eigenvalue weighted by Gasteiger charge is -2.32. The molecule has 0 spiro atoms. The number of fused-ring (bicyclic) bond motifs is 1. The van der Waals surface area contributed by atoms with Gasteiger partial charge in [0.25, 0.3) is 5.91 Å². The molecular weight excluding hydrogens is 398 g/mol. The van der Waals surface area contributed by atoms with Crippen molar-refractivity contribution >= 4 is 22.9 Å². The van der Waals surface area contributed by atoms with Crippen LogP contribution in [0.1, 0.15) is 47.8 Å². The van der Waals surface area contributed by atoms with E-state index >= 15 is 0 Å². The fourth-order valence-corrected chi connectivity index (χ4v) is 4.31. The number of aromatic amines is 1. The SMILES string of the molecule is NC(=O)c1nc(OCC2CCCO2)nc(N2CCC(c3c[nH]c4ncccc34)CC2)n1. The van der Waals surface area contributed by atoms with Crippen molar-refractivity contribution in [1.82, 2.24) is 24.9 Å². The van der Waals surface area contributed by atoms with E-state index in [0.29, 0.717) is 18.5 Å². The van der Waals surface area contributed by atoms with Crippen molar-refractivity contribution in [1.29, 1.82) is 0 Å². The first kappa shape index (κ1) is 19.7. The maximum absolute atomic E-state index is 11.7. The largest absolute Gasteiger partial charge is 0.461 e. The van der Waals surface area contributed by atoms with Crippen molar-refractivity contribution in [3.05, 3.63) is 35.9 Å². The highest BCUT2D eigenvalue weighted by molar-refractivity contribution is 5.89. The number of amides is 1. The molecule has 0 aromatic carbocycles. The highest BCUT2D eigenvalue weighted by Gasteiger charge is 2.26. The van der Waals surface area contributed by atoms with E-state index in [1.54, 1.807) is 6.20 Å². The topological polar surface area (TPSA) is 132 Å². The monoisotopic (exact) mass is 423 g/mol. The molecule has 5 rings (SSSR count). The molecule has 1 unspecified atom stereocenters. The highest BCUT2D eigenvalue weighted by Crippen LogP contribution is 2.33. The predicted molar refractivity (Wildman–Crippen MR) is 113 cm³/mol. The van der Waals surface area contributed by atoms with Gasteiger partial charge >= 0.3 is 6.01 Å². The summed E-state index contributed by atoms with van der Waals surface area (Å²) in [6.45, 7) is 2.60. The molecule has 10 nitrogen and oxygen atoms in total. The second kappa shape index (κ2) is 8.46. The van der Waals surface area contributed by atoms with Gasteiger partial charge in [-0.15, -0.1) is 0 Å². The zero-order chi connectivity index (χ0) is 21.2. The number of hydrogen-bond acceptors (Lipinski definition) is 8. The number of piperidine rings is 1. The third kappa shape index (κ3) is 4.15. The van der Waals surface area contributed by atoms with Crippen LogP contribution in [0.15, 0.2) is 24.5 Å². The number of carbonyl (C=O) groups excluding carboxylic acids is 1. The minimum Gasteiger partial charge on any atom is -0.461 e. The molecule has 0 bridgehead atoms.